The Morgan fingerprint density at radius 1 is 0.711 bits per heavy atom. The topological polar surface area (TPSA) is 257 Å². The molecule has 29 heteroatoms. The van der Waals surface area contributed by atoms with Crippen molar-refractivity contribution in [3.63, 3.8) is 0 Å². The van der Waals surface area contributed by atoms with Gasteiger partial charge in [0.25, 0.3) is 0 Å². The van der Waals surface area contributed by atoms with E-state index in [2.05, 4.69) is 61.6 Å². The number of aromatic amines is 1. The molecule has 6 heterocycles. The number of nitrogens with one attached hydrogen (secondary N) is 2. The molecule has 4 aromatic carbocycles. The Bertz CT molecular complexity index is 3900. The lowest BCUT2D eigenvalue weighted by molar-refractivity contribution is -0.192. The molecular weight excluding hydrogens is 1160 g/mol. The molecule has 10 aromatic rings. The number of halogens is 5. The van der Waals surface area contributed by atoms with Crippen LogP contribution in [0.5, 0.6) is 0 Å². The molecule has 3 N–H and O–H groups in total. The number of carboxylic acids is 1. The fourth-order valence-electron chi connectivity index (χ4n) is 7.74. The molecule has 434 valence electrons. The number of aliphatic carboxylic acids is 1. The minimum Gasteiger partial charge on any atom is -0.475 e. The van der Waals surface area contributed by atoms with Gasteiger partial charge in [-0.05, 0) is 77.9 Å². The van der Waals surface area contributed by atoms with Crippen molar-refractivity contribution in [3.8, 4) is 43.9 Å². The molecule has 0 aliphatic rings. The number of nitrogens with zero attached hydrogens (tertiary/aromatic N) is 12. The zero-order valence-corrected chi connectivity index (χ0v) is 48.7. The molecule has 0 aliphatic heterocycles. The number of amides is 1. The fraction of sp³-hybridized carbons (Fsp3) is 0.278. The first-order chi connectivity index (χ1) is 39.4. The van der Waals surface area contributed by atoms with Gasteiger partial charge in [0.15, 0.2) is 0 Å². The van der Waals surface area contributed by atoms with Crippen LogP contribution in [0.3, 0.4) is 0 Å². The van der Waals surface area contributed by atoms with Crippen molar-refractivity contribution in [2.45, 2.75) is 72.0 Å². The molecule has 10 rings (SSSR count). The van der Waals surface area contributed by atoms with E-state index in [4.69, 9.17) is 52.1 Å². The number of rotatable bonds is 14. The molecule has 0 fully saturated rings. The standard InChI is InChI=1S/C31H34ClN7O5S.C21H18ClN7OS.C2HF3O2/c1-30(2,3)43-28(40)38(23-12-11-22-21(24(23)32)18-34-39(22)29(41)44-31(4,5)6)27-36-35-26(45-27)20-10-8-9-19(17-20)25-33-13-14-37(25)15-16-42-7;1-30-10-9-29-8-7-23-19(29)13-3-2-4-14(11-13)20-27-28-21(31-20)25-17-6-5-16-15(18(17)22)12-24-26-16;3-2(4,5)1(6)7/h8-14,17-18H,15-16H2,1-7H3;2-8,11-12H,9-10H2,1H3,(H,24,26)(H,25,28);(H,6,7). The maximum Gasteiger partial charge on any atom is 0.490 e. The van der Waals surface area contributed by atoms with Crippen LogP contribution >= 0.6 is 45.9 Å². The highest BCUT2D eigenvalue weighted by Crippen LogP contribution is 2.42. The van der Waals surface area contributed by atoms with Crippen LogP contribution in [0, 0.1) is 0 Å². The quantitative estimate of drug-likeness (QED) is 0.0914. The van der Waals surface area contributed by atoms with Crippen LogP contribution in [-0.2, 0) is 36.8 Å². The number of hydrogen-bond donors (Lipinski definition) is 3. The zero-order valence-electron chi connectivity index (χ0n) is 45.6. The predicted octanol–water partition coefficient (Wildman–Crippen LogP) is 13.2. The summed E-state index contributed by atoms with van der Waals surface area (Å²) in [5, 5.41) is 43.3. The lowest BCUT2D eigenvalue weighted by Gasteiger charge is -2.26. The summed E-state index contributed by atoms with van der Waals surface area (Å²) >= 11 is 16.0. The van der Waals surface area contributed by atoms with Crippen LogP contribution in [-0.4, -0.2) is 128 Å². The minimum absolute atomic E-state index is 0.176. The lowest BCUT2D eigenvalue weighted by Crippen LogP contribution is -2.34. The van der Waals surface area contributed by atoms with Crippen molar-refractivity contribution < 1.29 is 51.6 Å². The third kappa shape index (κ3) is 15.0. The Hall–Kier alpha value is -8.34. The molecule has 6 aromatic heterocycles. The summed E-state index contributed by atoms with van der Waals surface area (Å²) in [6, 6.07) is 23.0. The molecule has 0 unspecified atom stereocenters. The molecule has 0 spiro atoms. The summed E-state index contributed by atoms with van der Waals surface area (Å²) in [5.74, 6) is -1.07. The predicted molar refractivity (Wildman–Crippen MR) is 310 cm³/mol. The molecular formula is C54H53Cl2F3N14O8S2. The molecule has 0 radical (unpaired) electrons. The van der Waals surface area contributed by atoms with E-state index in [1.165, 1.54) is 33.8 Å². The van der Waals surface area contributed by atoms with E-state index in [-0.39, 0.29) is 10.2 Å². The highest BCUT2D eigenvalue weighted by Gasteiger charge is 2.38. The second kappa shape index (κ2) is 25.8. The Morgan fingerprint density at radius 3 is 1.84 bits per heavy atom. The summed E-state index contributed by atoms with van der Waals surface area (Å²) in [5.41, 5.74) is 4.50. The van der Waals surface area contributed by atoms with Crippen molar-refractivity contribution in [1.29, 1.82) is 0 Å². The number of carbonyl (C=O) groups excluding carboxylic acids is 2. The van der Waals surface area contributed by atoms with E-state index in [1.807, 2.05) is 71.6 Å². The van der Waals surface area contributed by atoms with Gasteiger partial charge in [0, 0.05) is 85.1 Å². The van der Waals surface area contributed by atoms with Crippen molar-refractivity contribution in [2.24, 2.45) is 0 Å². The molecule has 0 saturated heterocycles. The van der Waals surface area contributed by atoms with Crippen molar-refractivity contribution in [2.75, 3.05) is 37.7 Å². The van der Waals surface area contributed by atoms with Crippen LogP contribution in [0.1, 0.15) is 41.5 Å². The van der Waals surface area contributed by atoms with Crippen LogP contribution in [0.15, 0.2) is 110 Å². The van der Waals surface area contributed by atoms with E-state index in [9.17, 15) is 22.8 Å². The molecule has 0 aliphatic carbocycles. The zero-order chi connectivity index (χ0) is 59.8. The molecule has 0 saturated carbocycles. The normalized spacial score (nSPS) is 11.7. The van der Waals surface area contributed by atoms with E-state index in [0.717, 1.165) is 66.7 Å². The van der Waals surface area contributed by atoms with Gasteiger partial charge in [0.1, 0.15) is 32.9 Å². The highest BCUT2D eigenvalue weighted by atomic mass is 35.5. The summed E-state index contributed by atoms with van der Waals surface area (Å²) in [4.78, 5) is 45.6. The third-order valence-electron chi connectivity index (χ3n) is 11.4. The van der Waals surface area contributed by atoms with Gasteiger partial charge in [-0.15, -0.1) is 20.4 Å². The molecule has 22 nitrogen and oxygen atoms in total. The van der Waals surface area contributed by atoms with Crippen LogP contribution in [0.4, 0.5) is 44.4 Å². The maximum atomic E-state index is 13.7. The van der Waals surface area contributed by atoms with Crippen molar-refractivity contribution >= 4 is 107 Å². The molecule has 0 bridgehead atoms. The first kappa shape index (κ1) is 60.7. The van der Waals surface area contributed by atoms with E-state index < -0.39 is 35.5 Å². The maximum absolute atomic E-state index is 13.7. The molecule has 1 amide bonds. The molecule has 83 heavy (non-hydrogen) atoms. The summed E-state index contributed by atoms with van der Waals surface area (Å²) in [6.07, 6.45) is 4.13. The number of benzene rings is 4. The van der Waals surface area contributed by atoms with Gasteiger partial charge in [-0.3, -0.25) is 5.10 Å². The van der Waals surface area contributed by atoms with E-state index in [0.29, 0.717) is 51.5 Å². The minimum atomic E-state index is -5.08. The number of carbonyl (C=O) groups is 3. The van der Waals surface area contributed by atoms with Crippen LogP contribution < -0.4 is 10.2 Å². The second-order valence-electron chi connectivity index (χ2n) is 19.7. The summed E-state index contributed by atoms with van der Waals surface area (Å²) in [6.45, 7) is 13.2. The van der Waals surface area contributed by atoms with Gasteiger partial charge in [0.2, 0.25) is 10.3 Å². The SMILES string of the molecule is COCCn1ccnc1-c1cccc(-c2nnc(N(C(=O)OC(C)(C)C)c3ccc4c(cnn4C(=O)OC(C)(C)C)c3Cl)s2)c1.COCCn1ccnc1-c1cccc(-c2nnc(Nc3ccc4[nH]ncc4c3Cl)s2)c1.O=C(O)C(F)(F)F. The summed E-state index contributed by atoms with van der Waals surface area (Å²) < 4.78 is 58.6. The Labute approximate surface area is 489 Å². The number of fused-ring (bicyclic) bond motifs is 2. The van der Waals surface area contributed by atoms with Crippen molar-refractivity contribution in [3.05, 3.63) is 120 Å². The molecule has 0 atom stereocenters. The fourth-order valence-corrected chi connectivity index (χ4v) is 9.89. The van der Waals surface area contributed by atoms with Gasteiger partial charge in [-0.2, -0.15) is 28.1 Å². The number of carboxylic acid groups (broad SMARTS) is 1. The number of anilines is 4. The van der Waals surface area contributed by atoms with Crippen LogP contribution in [0.25, 0.3) is 65.7 Å². The number of methoxy groups -OCH3 is 2. The first-order valence-corrected chi connectivity index (χ1v) is 27.3. The number of H-pyrrole nitrogens is 1. The average molecular weight is 1220 g/mol. The average Bonchev–Trinajstić information content (AvgIpc) is 3.69. The van der Waals surface area contributed by atoms with E-state index in [1.54, 1.807) is 86.5 Å². The second-order valence-corrected chi connectivity index (χ2v) is 22.4. The Morgan fingerprint density at radius 2 is 1.28 bits per heavy atom. The number of hydrogen-bond acceptors (Lipinski definition) is 18. The van der Waals surface area contributed by atoms with Gasteiger partial charge in [-0.1, -0.05) is 82.3 Å². The monoisotopic (exact) mass is 1220 g/mol. The highest BCUT2D eigenvalue weighted by molar-refractivity contribution is 7.19. The van der Waals surface area contributed by atoms with E-state index >= 15 is 0 Å². The Kier molecular flexibility index (Phi) is 18.9. The van der Waals surface area contributed by atoms with Gasteiger partial charge >= 0.3 is 24.3 Å². The number of aromatic nitrogens is 12. The number of alkyl halides is 3. The number of imidazole rings is 2. The van der Waals surface area contributed by atoms with Crippen molar-refractivity contribution in [1.82, 2.24) is 59.5 Å². The summed E-state index contributed by atoms with van der Waals surface area (Å²) in [7, 11) is 3.35. The van der Waals surface area contributed by atoms with Gasteiger partial charge in [-0.25, -0.2) is 29.3 Å². The first-order valence-electron chi connectivity index (χ1n) is 24.9. The smallest absolute Gasteiger partial charge is 0.475 e. The van der Waals surface area contributed by atoms with Crippen LogP contribution in [0.2, 0.25) is 10.0 Å². The van der Waals surface area contributed by atoms with Gasteiger partial charge < -0.3 is 38.5 Å². The third-order valence-corrected chi connectivity index (χ3v) is 14.0. The Balaban J connectivity index is 0.000000204. The lowest BCUT2D eigenvalue weighted by atomic mass is 10.1. The largest absolute Gasteiger partial charge is 0.490 e. The number of ether oxygens (including phenoxy) is 4. The van der Waals surface area contributed by atoms with Gasteiger partial charge in [0.05, 0.1) is 58.1 Å².